The molecule has 3 rings (SSSR count). The maximum atomic E-state index is 5.71. The Morgan fingerprint density at radius 3 is 2.88 bits per heavy atom. The maximum Gasteiger partial charge on any atom is 0.193 e. The van der Waals surface area contributed by atoms with E-state index in [1.165, 1.54) is 12.8 Å². The number of nitrogens with zero attached hydrogens (tertiary/aromatic N) is 2. The summed E-state index contributed by atoms with van der Waals surface area (Å²) in [6.07, 6.45) is 3.35. The molecule has 0 aromatic heterocycles. The van der Waals surface area contributed by atoms with Crippen molar-refractivity contribution in [2.75, 3.05) is 46.5 Å². The third-order valence-corrected chi connectivity index (χ3v) is 4.75. The van der Waals surface area contributed by atoms with E-state index in [4.69, 9.17) is 9.47 Å². The van der Waals surface area contributed by atoms with Crippen molar-refractivity contribution in [3.63, 3.8) is 0 Å². The minimum atomic E-state index is 0. The summed E-state index contributed by atoms with van der Waals surface area (Å²) in [7, 11) is 1.86. The van der Waals surface area contributed by atoms with Crippen LogP contribution >= 0.6 is 24.0 Å². The van der Waals surface area contributed by atoms with Gasteiger partial charge < -0.3 is 19.7 Å². The molecule has 1 aromatic rings. The molecule has 1 spiro atoms. The topological polar surface area (TPSA) is 46.1 Å². The van der Waals surface area contributed by atoms with Crippen molar-refractivity contribution in [3.05, 3.63) is 30.3 Å². The normalized spacial score (nSPS) is 23.4. The lowest BCUT2D eigenvalue weighted by molar-refractivity contribution is 0.156. The Balaban J connectivity index is 0.00000208. The first-order valence-corrected chi connectivity index (χ1v) is 8.53. The predicted octanol–water partition coefficient (Wildman–Crippen LogP) is 2.76. The van der Waals surface area contributed by atoms with Gasteiger partial charge >= 0.3 is 0 Å². The quantitative estimate of drug-likeness (QED) is 0.328. The van der Waals surface area contributed by atoms with Crippen LogP contribution in [0, 0.1) is 5.41 Å². The van der Waals surface area contributed by atoms with Crippen LogP contribution in [0.5, 0.6) is 5.75 Å². The van der Waals surface area contributed by atoms with Crippen LogP contribution in [0.25, 0.3) is 0 Å². The molecule has 0 aliphatic carbocycles. The van der Waals surface area contributed by atoms with Crippen LogP contribution in [0.2, 0.25) is 0 Å². The number of para-hydroxylation sites is 1. The molecule has 2 fully saturated rings. The van der Waals surface area contributed by atoms with Crippen molar-refractivity contribution in [3.8, 4) is 5.75 Å². The fraction of sp³-hybridized carbons (Fsp3) is 0.611. The molecule has 134 valence electrons. The number of aliphatic imine (C=N–C) groups is 1. The van der Waals surface area contributed by atoms with Crippen LogP contribution in [0.4, 0.5) is 0 Å². The standard InChI is InChI=1S/C18H27N3O2.HI/c1-19-17(21-11-8-18(14-21)9-13-22-15-18)20-10-5-12-23-16-6-3-2-4-7-16;/h2-4,6-7H,5,8-15H2,1H3,(H,19,20);1H. The first-order chi connectivity index (χ1) is 11.3. The molecule has 1 aromatic carbocycles. The minimum absolute atomic E-state index is 0. The molecule has 24 heavy (non-hydrogen) atoms. The molecule has 2 aliphatic rings. The number of ether oxygens (including phenoxy) is 2. The van der Waals surface area contributed by atoms with Gasteiger partial charge in [-0.05, 0) is 31.4 Å². The minimum Gasteiger partial charge on any atom is -0.494 e. The highest BCUT2D eigenvalue weighted by atomic mass is 127. The number of rotatable bonds is 5. The van der Waals surface area contributed by atoms with Crippen molar-refractivity contribution in [2.24, 2.45) is 10.4 Å². The molecule has 2 saturated heterocycles. The van der Waals surface area contributed by atoms with E-state index in [2.05, 4.69) is 15.2 Å². The van der Waals surface area contributed by atoms with E-state index in [0.717, 1.165) is 51.0 Å². The van der Waals surface area contributed by atoms with E-state index in [1.807, 2.05) is 37.4 Å². The average Bonchev–Trinajstić information content (AvgIpc) is 3.22. The van der Waals surface area contributed by atoms with E-state index in [0.29, 0.717) is 12.0 Å². The SMILES string of the molecule is CN=C(NCCCOc1ccccc1)N1CCC2(CCOC2)C1.I. The van der Waals surface area contributed by atoms with Crippen molar-refractivity contribution in [1.29, 1.82) is 0 Å². The molecule has 1 atom stereocenters. The van der Waals surface area contributed by atoms with Crippen LogP contribution in [-0.2, 0) is 4.74 Å². The van der Waals surface area contributed by atoms with Crippen LogP contribution in [-0.4, -0.2) is 57.4 Å². The van der Waals surface area contributed by atoms with Gasteiger partial charge in [-0.15, -0.1) is 24.0 Å². The summed E-state index contributed by atoms with van der Waals surface area (Å²) in [4.78, 5) is 6.80. The zero-order valence-corrected chi connectivity index (χ0v) is 16.7. The van der Waals surface area contributed by atoms with E-state index in [9.17, 15) is 0 Å². The Bertz CT molecular complexity index is 518. The van der Waals surface area contributed by atoms with Gasteiger partial charge in [0.15, 0.2) is 5.96 Å². The predicted molar refractivity (Wildman–Crippen MR) is 107 cm³/mol. The molecular formula is C18H28IN3O2. The monoisotopic (exact) mass is 445 g/mol. The Hall–Kier alpha value is -1.02. The lowest BCUT2D eigenvalue weighted by Gasteiger charge is -2.24. The van der Waals surface area contributed by atoms with E-state index in [-0.39, 0.29) is 24.0 Å². The third-order valence-electron chi connectivity index (χ3n) is 4.75. The van der Waals surface area contributed by atoms with Gasteiger partial charge in [0, 0.05) is 38.7 Å². The smallest absolute Gasteiger partial charge is 0.193 e. The zero-order chi connectivity index (χ0) is 16.0. The molecule has 2 aliphatic heterocycles. The molecule has 0 bridgehead atoms. The first kappa shape index (κ1) is 19.3. The van der Waals surface area contributed by atoms with Gasteiger partial charge in [-0.2, -0.15) is 0 Å². The van der Waals surface area contributed by atoms with Gasteiger partial charge in [-0.25, -0.2) is 0 Å². The lowest BCUT2D eigenvalue weighted by atomic mass is 9.87. The highest BCUT2D eigenvalue weighted by Gasteiger charge is 2.42. The number of halogens is 1. The highest BCUT2D eigenvalue weighted by Crippen LogP contribution is 2.38. The Labute approximate surface area is 161 Å². The largest absolute Gasteiger partial charge is 0.494 e. The van der Waals surface area contributed by atoms with Crippen molar-refractivity contribution in [1.82, 2.24) is 10.2 Å². The van der Waals surface area contributed by atoms with Crippen LogP contribution in [0.1, 0.15) is 19.3 Å². The lowest BCUT2D eigenvalue weighted by Crippen LogP contribution is -2.42. The summed E-state index contributed by atoms with van der Waals surface area (Å²) in [5, 5.41) is 3.46. The second-order valence-electron chi connectivity index (χ2n) is 6.46. The first-order valence-electron chi connectivity index (χ1n) is 8.53. The van der Waals surface area contributed by atoms with Crippen molar-refractivity contribution >= 4 is 29.9 Å². The van der Waals surface area contributed by atoms with Crippen LogP contribution in [0.15, 0.2) is 35.3 Å². The Morgan fingerprint density at radius 2 is 2.17 bits per heavy atom. The summed E-state index contributed by atoms with van der Waals surface area (Å²) in [6.45, 7) is 5.55. The third kappa shape index (κ3) is 4.99. The number of hydrogen-bond acceptors (Lipinski definition) is 3. The molecule has 5 nitrogen and oxygen atoms in total. The number of hydrogen-bond donors (Lipinski definition) is 1. The number of benzene rings is 1. The Kier molecular flexibility index (Phi) is 7.61. The summed E-state index contributed by atoms with van der Waals surface area (Å²) >= 11 is 0. The summed E-state index contributed by atoms with van der Waals surface area (Å²) < 4.78 is 11.3. The molecule has 0 radical (unpaired) electrons. The summed E-state index contributed by atoms with van der Waals surface area (Å²) in [5.41, 5.74) is 0.369. The second kappa shape index (κ2) is 9.46. The van der Waals surface area contributed by atoms with E-state index >= 15 is 0 Å². The van der Waals surface area contributed by atoms with Crippen LogP contribution < -0.4 is 10.1 Å². The van der Waals surface area contributed by atoms with E-state index in [1.54, 1.807) is 0 Å². The van der Waals surface area contributed by atoms with Gasteiger partial charge in [-0.3, -0.25) is 4.99 Å². The van der Waals surface area contributed by atoms with Gasteiger partial charge in [0.05, 0.1) is 13.2 Å². The molecular weight excluding hydrogens is 417 g/mol. The van der Waals surface area contributed by atoms with Gasteiger partial charge in [0.1, 0.15) is 5.75 Å². The molecule has 0 saturated carbocycles. The molecule has 1 N–H and O–H groups in total. The fourth-order valence-corrected chi connectivity index (χ4v) is 3.40. The Morgan fingerprint density at radius 1 is 1.33 bits per heavy atom. The van der Waals surface area contributed by atoms with Gasteiger partial charge in [0.25, 0.3) is 0 Å². The number of guanidine groups is 1. The van der Waals surface area contributed by atoms with E-state index < -0.39 is 0 Å². The highest BCUT2D eigenvalue weighted by molar-refractivity contribution is 14.0. The van der Waals surface area contributed by atoms with Crippen molar-refractivity contribution < 1.29 is 9.47 Å². The second-order valence-corrected chi connectivity index (χ2v) is 6.46. The van der Waals surface area contributed by atoms with Gasteiger partial charge in [-0.1, -0.05) is 18.2 Å². The molecule has 1 unspecified atom stereocenters. The molecule has 2 heterocycles. The van der Waals surface area contributed by atoms with Crippen molar-refractivity contribution in [2.45, 2.75) is 19.3 Å². The molecule has 6 heteroatoms. The van der Waals surface area contributed by atoms with Gasteiger partial charge in [0.2, 0.25) is 0 Å². The average molecular weight is 445 g/mol. The molecule has 0 amide bonds. The van der Waals surface area contributed by atoms with Crippen LogP contribution in [0.3, 0.4) is 0 Å². The fourth-order valence-electron chi connectivity index (χ4n) is 3.40. The zero-order valence-electron chi connectivity index (χ0n) is 14.4. The maximum absolute atomic E-state index is 5.71. The number of likely N-dealkylation sites (tertiary alicyclic amines) is 1. The summed E-state index contributed by atoms with van der Waals surface area (Å²) in [6, 6.07) is 9.95. The number of nitrogens with one attached hydrogen (secondary N) is 1. The summed E-state index contributed by atoms with van der Waals surface area (Å²) in [5.74, 6) is 1.94.